The van der Waals surface area contributed by atoms with Crippen LogP contribution in [0.1, 0.15) is 0 Å². The van der Waals surface area contributed by atoms with E-state index in [1.807, 2.05) is 0 Å². The van der Waals surface area contributed by atoms with Gasteiger partial charge in [-0.2, -0.15) is 0 Å². The third-order valence-electron chi connectivity index (χ3n) is 0. The molecule has 0 aliphatic heterocycles. The van der Waals surface area contributed by atoms with Crippen LogP contribution in [0.2, 0.25) is 0 Å². The third-order valence-corrected chi connectivity index (χ3v) is 0. The van der Waals surface area contributed by atoms with Crippen LogP contribution >= 0.6 is 0 Å². The largest absolute Gasteiger partial charge is 2.00 e. The van der Waals surface area contributed by atoms with Crippen molar-refractivity contribution in [1.82, 2.24) is 24.6 Å². The minimum Gasteiger partial charge on any atom is -0.412 e. The summed E-state index contributed by atoms with van der Waals surface area (Å²) in [5.74, 6) is 0. The zero-order chi connectivity index (χ0) is 7.15. The zero-order valence-electron chi connectivity index (χ0n) is 6.99. The molecule has 0 rings (SSSR count). The molecule has 14 heteroatoms. The summed E-state index contributed by atoms with van der Waals surface area (Å²) in [4.78, 5) is 16.5. The van der Waals surface area contributed by atoms with Crippen LogP contribution in [-0.2, 0) is 20.4 Å². The van der Waals surface area contributed by atoms with Crippen LogP contribution < -0.4 is 24.6 Å². The van der Waals surface area contributed by atoms with E-state index in [0.717, 1.165) is 0 Å². The van der Waals surface area contributed by atoms with Crippen LogP contribution in [0.5, 0.6) is 0 Å². The van der Waals surface area contributed by atoms with Gasteiger partial charge in [-0.1, -0.05) is 0 Å². The quantitative estimate of drug-likeness (QED) is 0.248. The van der Waals surface area contributed by atoms with Crippen molar-refractivity contribution in [3.05, 3.63) is 30.6 Å². The Balaban J connectivity index is -0.00000000600. The second-order valence-corrected chi connectivity index (χ2v) is 0.447. The first-order valence-electron chi connectivity index (χ1n) is 1.10. The van der Waals surface area contributed by atoms with Crippen LogP contribution in [0, 0.1) is 30.6 Å². The van der Waals surface area contributed by atoms with E-state index in [-0.39, 0.29) is 50.5 Å². The molecule has 0 saturated carbocycles. The van der Waals surface area contributed by atoms with Gasteiger partial charge in [-0.05, 0) is 0 Å². The van der Waals surface area contributed by atoms with E-state index < -0.39 is 10.2 Å². The summed E-state index contributed by atoms with van der Waals surface area (Å²) in [6.07, 6.45) is 0. The molecule has 0 aromatic heterocycles. The Kier molecular flexibility index (Phi) is 324. The molecule has 0 aliphatic carbocycles. The average Bonchev–Trinajstić information content (AvgIpc) is 1.25. The van der Waals surface area contributed by atoms with Crippen molar-refractivity contribution in [2.75, 3.05) is 0 Å². The van der Waals surface area contributed by atoms with Crippen molar-refractivity contribution in [1.29, 1.82) is 0 Å². The predicted octanol–water partition coefficient (Wildman–Crippen LogP) is -0.657. The van der Waals surface area contributed by atoms with E-state index in [1.54, 1.807) is 0 Å². The normalized spacial score (nSPS) is 3.43. The van der Waals surface area contributed by atoms with Gasteiger partial charge < -0.3 is 60.7 Å². The van der Waals surface area contributed by atoms with Gasteiger partial charge in [0.25, 0.3) is 0 Å². The van der Waals surface area contributed by atoms with Gasteiger partial charge in [0.1, 0.15) is 0 Å². The van der Waals surface area contributed by atoms with Gasteiger partial charge in [0.2, 0.25) is 0 Å². The fraction of sp³-hybridized carbons (Fsp3) is 0. The summed E-state index contributed by atoms with van der Waals surface area (Å²) in [6, 6.07) is 0. The smallest absolute Gasteiger partial charge is 0.412 e. The van der Waals surface area contributed by atoms with Gasteiger partial charge in [0, 0.05) is 0 Å². The van der Waals surface area contributed by atoms with Crippen molar-refractivity contribution in [2.24, 2.45) is 0 Å². The maximum absolute atomic E-state index is 8.25. The molecule has 0 aliphatic rings. The van der Waals surface area contributed by atoms with E-state index in [4.69, 9.17) is 30.6 Å². The molecule has 0 heterocycles. The van der Waals surface area contributed by atoms with E-state index in [2.05, 4.69) is 0 Å². The van der Waals surface area contributed by atoms with Gasteiger partial charge in [-0.25, -0.2) is 0 Å². The van der Waals surface area contributed by atoms with Gasteiger partial charge in [-0.15, -0.1) is 0 Å². The molecule has 0 spiro atoms. The van der Waals surface area contributed by atoms with Crippen LogP contribution in [0.3, 0.4) is 0 Å². The Morgan fingerprint density at radius 2 is 0.643 bits per heavy atom. The zero-order valence-corrected chi connectivity index (χ0v) is 8.54. The molecular weight excluding hydrogens is 302 g/mol. The van der Waals surface area contributed by atoms with Crippen LogP contribution in [0.4, 0.5) is 0 Å². The number of hydrogen-bond donors (Lipinski definition) is 4. The molecule has 0 fully saturated rings. The minimum absolute atomic E-state index is 0. The SMILES string of the molecule is N.N.N.N.O.O=[N+]([O-])[O-].O=[N+]([O-])[O-].[Pd+2]. The summed E-state index contributed by atoms with van der Waals surface area (Å²) in [7, 11) is 0. The Morgan fingerprint density at radius 3 is 0.643 bits per heavy atom. The van der Waals surface area contributed by atoms with Crippen LogP contribution in [-0.4, -0.2) is 15.6 Å². The summed E-state index contributed by atoms with van der Waals surface area (Å²) in [5.41, 5.74) is 0. The summed E-state index contributed by atoms with van der Waals surface area (Å²) >= 11 is 0. The molecule has 0 unspecified atom stereocenters. The Hall–Kier alpha value is -1.14. The average molecular weight is 317 g/mol. The first-order valence-corrected chi connectivity index (χ1v) is 1.10. The topological polar surface area (TPSA) is 304 Å². The standard InChI is InChI=1S/2NO3.4H3N.H2O.Pd/c2*2-1(3)4;;;;;;/h;;4*1H3;1H2;/q2*-1;;;;;;+2. The molecule has 0 saturated heterocycles. The van der Waals surface area contributed by atoms with E-state index in [0.29, 0.717) is 0 Å². The number of rotatable bonds is 0. The van der Waals surface area contributed by atoms with Crippen molar-refractivity contribution < 1.29 is 36.1 Å². The monoisotopic (exact) mass is 316 g/mol. The molecule has 0 radical (unpaired) electrons. The predicted molar refractivity (Wildman–Crippen MR) is 44.4 cm³/mol. The molecule has 13 nitrogen and oxygen atoms in total. The fourth-order valence-corrected chi connectivity index (χ4v) is 0. The molecular formula is H14N6O7Pd. The van der Waals surface area contributed by atoms with Crippen molar-refractivity contribution >= 4 is 0 Å². The van der Waals surface area contributed by atoms with Gasteiger partial charge >= 0.3 is 20.4 Å². The molecule has 0 aromatic rings. The van der Waals surface area contributed by atoms with Crippen molar-refractivity contribution in [3.8, 4) is 0 Å². The number of nitrogens with zero attached hydrogens (tertiary/aromatic N) is 2. The number of hydrogen-bond acceptors (Lipinski definition) is 10. The first kappa shape index (κ1) is 76.6. The van der Waals surface area contributed by atoms with Crippen LogP contribution in [0.25, 0.3) is 0 Å². The summed E-state index contributed by atoms with van der Waals surface area (Å²) < 4.78 is 0. The molecule has 14 heavy (non-hydrogen) atoms. The molecule has 96 valence electrons. The molecule has 0 amide bonds. The van der Waals surface area contributed by atoms with E-state index >= 15 is 0 Å². The summed E-state index contributed by atoms with van der Waals surface area (Å²) in [6.45, 7) is 0. The second-order valence-electron chi connectivity index (χ2n) is 0.447. The Bertz CT molecular complexity index is 76.2. The molecule has 0 bridgehead atoms. The Morgan fingerprint density at radius 1 is 0.643 bits per heavy atom. The third kappa shape index (κ3) is 816. The van der Waals surface area contributed by atoms with Gasteiger partial charge in [0.05, 0.1) is 10.2 Å². The van der Waals surface area contributed by atoms with E-state index in [1.165, 1.54) is 0 Å². The maximum Gasteiger partial charge on any atom is 2.00 e. The second kappa shape index (κ2) is 59.2. The molecule has 14 N–H and O–H groups in total. The minimum atomic E-state index is -1.75. The molecule has 0 atom stereocenters. The van der Waals surface area contributed by atoms with Gasteiger partial charge in [0.15, 0.2) is 0 Å². The summed E-state index contributed by atoms with van der Waals surface area (Å²) in [5, 5.41) is 29.5. The van der Waals surface area contributed by atoms with E-state index in [9.17, 15) is 0 Å². The molecule has 0 aromatic carbocycles. The van der Waals surface area contributed by atoms with Gasteiger partial charge in [-0.3, -0.25) is 0 Å². The first-order chi connectivity index (χ1) is 3.46. The van der Waals surface area contributed by atoms with Crippen molar-refractivity contribution in [3.63, 3.8) is 0 Å². The van der Waals surface area contributed by atoms with Crippen LogP contribution in [0.15, 0.2) is 0 Å². The Labute approximate surface area is 92.0 Å². The van der Waals surface area contributed by atoms with Crippen molar-refractivity contribution in [2.45, 2.75) is 0 Å². The fourth-order valence-electron chi connectivity index (χ4n) is 0. The maximum atomic E-state index is 8.25.